The van der Waals surface area contributed by atoms with Gasteiger partial charge in [0, 0.05) is 44.1 Å². The molecule has 2 saturated heterocycles. The first-order chi connectivity index (χ1) is 12.4. The molecule has 4 nitrogen and oxygen atoms in total. The van der Waals surface area contributed by atoms with E-state index in [1.807, 2.05) is 4.90 Å². The number of nitrogens with zero attached hydrogens (tertiary/aromatic N) is 2. The van der Waals surface area contributed by atoms with Gasteiger partial charge in [-0.3, -0.25) is 9.59 Å². The van der Waals surface area contributed by atoms with E-state index in [0.717, 1.165) is 50.8 Å². The molecule has 0 bridgehead atoms. The standard InChI is InChI=1S/C20H26F2N2O2/c1-2-3-10-23-13-20(9-7-18(23)25)8-4-11-24(14-20)19(26)16-6-5-15(21)12-17(16)22/h5-6,12H,2-4,7-11,13-14H2,1H3. The smallest absolute Gasteiger partial charge is 0.256 e. The molecule has 2 aliphatic rings. The maximum Gasteiger partial charge on any atom is 0.256 e. The minimum atomic E-state index is -0.821. The van der Waals surface area contributed by atoms with Crippen molar-refractivity contribution in [3.8, 4) is 0 Å². The number of unbranched alkanes of at least 4 members (excludes halogenated alkanes) is 1. The summed E-state index contributed by atoms with van der Waals surface area (Å²) in [6.45, 7) is 4.63. The Morgan fingerprint density at radius 2 is 2.04 bits per heavy atom. The van der Waals surface area contributed by atoms with Gasteiger partial charge in [-0.05, 0) is 37.8 Å². The number of likely N-dealkylation sites (tertiary alicyclic amines) is 2. The molecular formula is C20H26F2N2O2. The van der Waals surface area contributed by atoms with E-state index < -0.39 is 17.5 Å². The van der Waals surface area contributed by atoms with Crippen molar-refractivity contribution >= 4 is 11.8 Å². The van der Waals surface area contributed by atoms with Crippen molar-refractivity contribution in [3.05, 3.63) is 35.4 Å². The number of amides is 2. The van der Waals surface area contributed by atoms with Crippen LogP contribution >= 0.6 is 0 Å². The molecule has 2 aliphatic heterocycles. The van der Waals surface area contributed by atoms with Crippen molar-refractivity contribution in [3.63, 3.8) is 0 Å². The normalized spacial score (nSPS) is 23.6. The molecule has 142 valence electrons. The topological polar surface area (TPSA) is 40.6 Å². The number of halogens is 2. The van der Waals surface area contributed by atoms with E-state index in [-0.39, 0.29) is 16.9 Å². The maximum atomic E-state index is 14.0. The van der Waals surface area contributed by atoms with Crippen molar-refractivity contribution in [1.82, 2.24) is 9.80 Å². The third-order valence-electron chi connectivity index (χ3n) is 5.64. The minimum absolute atomic E-state index is 0.0850. The Morgan fingerprint density at radius 1 is 1.23 bits per heavy atom. The first-order valence-corrected chi connectivity index (χ1v) is 9.46. The lowest BCUT2D eigenvalue weighted by Gasteiger charge is -2.48. The summed E-state index contributed by atoms with van der Waals surface area (Å²) in [7, 11) is 0. The van der Waals surface area contributed by atoms with Crippen LogP contribution in [0.5, 0.6) is 0 Å². The number of rotatable bonds is 4. The zero-order valence-electron chi connectivity index (χ0n) is 15.3. The van der Waals surface area contributed by atoms with Crippen LogP contribution in [0.15, 0.2) is 18.2 Å². The molecule has 0 aliphatic carbocycles. The Balaban J connectivity index is 1.74. The van der Waals surface area contributed by atoms with E-state index in [1.165, 1.54) is 6.07 Å². The van der Waals surface area contributed by atoms with Gasteiger partial charge in [-0.25, -0.2) is 8.78 Å². The average molecular weight is 364 g/mol. The second kappa shape index (κ2) is 7.72. The van der Waals surface area contributed by atoms with Crippen LogP contribution in [0.4, 0.5) is 8.78 Å². The molecule has 2 amide bonds. The molecule has 0 aromatic heterocycles. The fourth-order valence-corrected chi connectivity index (χ4v) is 4.20. The Labute approximate surface area is 153 Å². The summed E-state index contributed by atoms with van der Waals surface area (Å²) in [6.07, 6.45) is 5.10. The van der Waals surface area contributed by atoms with Gasteiger partial charge in [0.05, 0.1) is 5.56 Å². The predicted octanol–water partition coefficient (Wildman–Crippen LogP) is 3.61. The maximum absolute atomic E-state index is 14.0. The number of hydrogen-bond donors (Lipinski definition) is 0. The van der Waals surface area contributed by atoms with Gasteiger partial charge in [-0.1, -0.05) is 13.3 Å². The van der Waals surface area contributed by atoms with Crippen LogP contribution in [0.2, 0.25) is 0 Å². The lowest BCUT2D eigenvalue weighted by atomic mass is 9.73. The van der Waals surface area contributed by atoms with Crippen LogP contribution in [-0.4, -0.2) is 47.8 Å². The third kappa shape index (κ3) is 3.89. The highest BCUT2D eigenvalue weighted by atomic mass is 19.1. The van der Waals surface area contributed by atoms with Crippen molar-refractivity contribution < 1.29 is 18.4 Å². The summed E-state index contributed by atoms with van der Waals surface area (Å²) in [6, 6.07) is 3.08. The first-order valence-electron chi connectivity index (χ1n) is 9.46. The summed E-state index contributed by atoms with van der Waals surface area (Å²) in [4.78, 5) is 28.6. The molecule has 0 saturated carbocycles. The summed E-state index contributed by atoms with van der Waals surface area (Å²) in [5.41, 5.74) is -0.190. The Kier molecular flexibility index (Phi) is 5.58. The fourth-order valence-electron chi connectivity index (χ4n) is 4.20. The van der Waals surface area contributed by atoms with Gasteiger partial charge in [-0.15, -0.1) is 0 Å². The fraction of sp³-hybridized carbons (Fsp3) is 0.600. The predicted molar refractivity (Wildman–Crippen MR) is 94.7 cm³/mol. The molecule has 1 spiro atoms. The van der Waals surface area contributed by atoms with Crippen molar-refractivity contribution in [1.29, 1.82) is 0 Å². The van der Waals surface area contributed by atoms with Crippen LogP contribution in [0.25, 0.3) is 0 Å². The van der Waals surface area contributed by atoms with Crippen LogP contribution in [-0.2, 0) is 4.79 Å². The first kappa shape index (κ1) is 18.8. The third-order valence-corrected chi connectivity index (χ3v) is 5.64. The monoisotopic (exact) mass is 364 g/mol. The van der Waals surface area contributed by atoms with Gasteiger partial charge in [0.25, 0.3) is 5.91 Å². The van der Waals surface area contributed by atoms with Gasteiger partial charge < -0.3 is 9.80 Å². The van der Waals surface area contributed by atoms with E-state index in [1.54, 1.807) is 4.90 Å². The molecule has 1 aromatic carbocycles. The van der Waals surface area contributed by atoms with Gasteiger partial charge in [0.2, 0.25) is 5.91 Å². The highest BCUT2D eigenvalue weighted by Crippen LogP contribution is 2.39. The average Bonchev–Trinajstić information content (AvgIpc) is 2.62. The van der Waals surface area contributed by atoms with E-state index >= 15 is 0 Å². The number of benzene rings is 1. The van der Waals surface area contributed by atoms with Crippen LogP contribution in [0, 0.1) is 17.0 Å². The highest BCUT2D eigenvalue weighted by molar-refractivity contribution is 5.94. The highest BCUT2D eigenvalue weighted by Gasteiger charge is 2.42. The Morgan fingerprint density at radius 3 is 2.77 bits per heavy atom. The molecule has 26 heavy (non-hydrogen) atoms. The largest absolute Gasteiger partial charge is 0.342 e. The second-order valence-electron chi connectivity index (χ2n) is 7.62. The second-order valence-corrected chi connectivity index (χ2v) is 7.62. The molecule has 1 atom stereocenters. The zero-order chi connectivity index (χ0) is 18.7. The molecule has 1 unspecified atom stereocenters. The van der Waals surface area contributed by atoms with E-state index in [9.17, 15) is 18.4 Å². The van der Waals surface area contributed by atoms with Gasteiger partial charge >= 0.3 is 0 Å². The molecule has 0 N–H and O–H groups in total. The van der Waals surface area contributed by atoms with Crippen LogP contribution in [0.1, 0.15) is 55.8 Å². The number of hydrogen-bond acceptors (Lipinski definition) is 2. The zero-order valence-corrected chi connectivity index (χ0v) is 15.3. The van der Waals surface area contributed by atoms with Crippen LogP contribution < -0.4 is 0 Å². The quantitative estimate of drug-likeness (QED) is 0.819. The lowest BCUT2D eigenvalue weighted by Crippen LogP contribution is -2.55. The lowest BCUT2D eigenvalue weighted by molar-refractivity contribution is -0.139. The van der Waals surface area contributed by atoms with Gasteiger partial charge in [-0.2, -0.15) is 0 Å². The number of carbonyl (C=O) groups is 2. The summed E-state index contributed by atoms with van der Waals surface area (Å²) >= 11 is 0. The Bertz CT molecular complexity index is 694. The van der Waals surface area contributed by atoms with Crippen LogP contribution in [0.3, 0.4) is 0 Å². The minimum Gasteiger partial charge on any atom is -0.342 e. The molecule has 3 rings (SSSR count). The summed E-state index contributed by atoms with van der Waals surface area (Å²) in [5, 5.41) is 0. The van der Waals surface area contributed by atoms with Crippen molar-refractivity contribution in [2.24, 2.45) is 5.41 Å². The molecule has 2 fully saturated rings. The Hall–Kier alpha value is -1.98. The SMILES string of the molecule is CCCCN1CC2(CCCN(C(=O)c3ccc(F)cc3F)C2)CCC1=O. The van der Waals surface area contributed by atoms with Crippen molar-refractivity contribution in [2.75, 3.05) is 26.2 Å². The van der Waals surface area contributed by atoms with Gasteiger partial charge in [0.15, 0.2) is 0 Å². The molecule has 1 aromatic rings. The summed E-state index contributed by atoms with van der Waals surface area (Å²) < 4.78 is 27.1. The molecule has 6 heteroatoms. The molecular weight excluding hydrogens is 338 g/mol. The van der Waals surface area contributed by atoms with E-state index in [4.69, 9.17) is 0 Å². The molecule has 0 radical (unpaired) electrons. The van der Waals surface area contributed by atoms with Crippen molar-refractivity contribution in [2.45, 2.75) is 45.4 Å². The van der Waals surface area contributed by atoms with E-state index in [2.05, 4.69) is 6.92 Å². The number of carbonyl (C=O) groups excluding carboxylic acids is 2. The molecule has 2 heterocycles. The van der Waals surface area contributed by atoms with Gasteiger partial charge in [0.1, 0.15) is 11.6 Å². The van der Waals surface area contributed by atoms with E-state index in [0.29, 0.717) is 26.1 Å². The number of piperidine rings is 2. The summed E-state index contributed by atoms with van der Waals surface area (Å²) in [5.74, 6) is -1.71.